The summed E-state index contributed by atoms with van der Waals surface area (Å²) in [6.07, 6.45) is 10.4. The van der Waals surface area contributed by atoms with Crippen LogP contribution in [-0.4, -0.2) is 93.8 Å². The molecule has 2 atom stereocenters. The molecule has 2 amide bonds. The molecule has 4 heterocycles. The fraction of sp³-hybridized carbons (Fsp3) is 0.304. The number of carbonyl (C=O) groups excluding carboxylic acids is 2. The Kier molecular flexibility index (Phi) is 11.3. The Balaban J connectivity index is 0.870. The van der Waals surface area contributed by atoms with E-state index in [4.69, 9.17) is 33.7 Å². The number of methoxy groups -OCH3 is 2. The Hall–Kier alpha value is -6.40. The van der Waals surface area contributed by atoms with Gasteiger partial charge in [0.25, 0.3) is 11.8 Å². The second-order valence-electron chi connectivity index (χ2n) is 14.6. The Morgan fingerprint density at radius 1 is 0.638 bits per heavy atom. The lowest BCUT2D eigenvalue weighted by atomic mass is 10.0. The molecule has 12 nitrogen and oxygen atoms in total. The minimum atomic E-state index is -0.202. The molecule has 0 unspecified atom stereocenters. The predicted molar refractivity (Wildman–Crippen MR) is 225 cm³/mol. The van der Waals surface area contributed by atoms with Crippen LogP contribution in [0.5, 0.6) is 28.7 Å². The summed E-state index contributed by atoms with van der Waals surface area (Å²) in [6, 6.07) is 22.7. The van der Waals surface area contributed by atoms with Gasteiger partial charge in [-0.3, -0.25) is 19.6 Å². The first kappa shape index (κ1) is 38.5. The maximum atomic E-state index is 13.9. The first-order valence-corrected chi connectivity index (χ1v) is 19.6. The number of benzene rings is 4. The van der Waals surface area contributed by atoms with Crippen LogP contribution in [0, 0.1) is 6.92 Å². The highest BCUT2D eigenvalue weighted by Gasteiger charge is 2.35. The Morgan fingerprint density at radius 3 is 1.74 bits per heavy atom. The minimum absolute atomic E-state index is 0.0882. The summed E-state index contributed by atoms with van der Waals surface area (Å²) in [5, 5.41) is 3.12. The number of nitrogens with one attached hydrogen (secondary N) is 1. The molecule has 298 valence electrons. The van der Waals surface area contributed by atoms with E-state index in [1.165, 1.54) is 0 Å². The van der Waals surface area contributed by atoms with Crippen molar-refractivity contribution < 1.29 is 33.3 Å². The van der Waals surface area contributed by atoms with Gasteiger partial charge in [-0.05, 0) is 91.2 Å². The fourth-order valence-electron chi connectivity index (χ4n) is 7.59. The Labute approximate surface area is 338 Å². The number of aryl methyl sites for hydroxylation is 1. The van der Waals surface area contributed by atoms with Crippen molar-refractivity contribution in [3.8, 4) is 28.7 Å². The van der Waals surface area contributed by atoms with Crippen LogP contribution in [0.25, 0.3) is 11.1 Å². The standard InChI is InChI=1S/C46H47N5O7/c1-29-19-38-40(48-25-34-20-32(27-50(34)45(38)52)30-7-11-36(54-3)12-8-30)23-42(29)57-17-6-18-58-44-24-41-39(22-43(44)55-4)46(53)51-28-33(21-35(51)26-49-41)31-9-13-37(14-10-31)56-16-5-15-47-2/h7-14,19,22-28,34-35,47H,5-6,15-18,20-21H2,1-4H3/t34-,35-/m0/s1. The lowest BCUT2D eigenvalue weighted by Gasteiger charge is -2.19. The monoisotopic (exact) mass is 781 g/mol. The average molecular weight is 782 g/mol. The van der Waals surface area contributed by atoms with Crippen LogP contribution in [0.1, 0.15) is 63.1 Å². The predicted octanol–water partition coefficient (Wildman–Crippen LogP) is 7.79. The van der Waals surface area contributed by atoms with E-state index >= 15 is 0 Å². The third-order valence-electron chi connectivity index (χ3n) is 10.8. The van der Waals surface area contributed by atoms with Crippen molar-refractivity contribution in [2.24, 2.45) is 9.98 Å². The molecular formula is C46H47N5O7. The van der Waals surface area contributed by atoms with Gasteiger partial charge in [-0.15, -0.1) is 0 Å². The van der Waals surface area contributed by atoms with Crippen LogP contribution < -0.4 is 29.0 Å². The van der Waals surface area contributed by atoms with Gasteiger partial charge in [0.05, 0.1) is 68.6 Å². The normalized spacial score (nSPS) is 17.7. The van der Waals surface area contributed by atoms with E-state index < -0.39 is 0 Å². The number of ether oxygens (including phenoxy) is 5. The van der Waals surface area contributed by atoms with Crippen LogP contribution in [0.3, 0.4) is 0 Å². The summed E-state index contributed by atoms with van der Waals surface area (Å²) in [6.45, 7) is 4.20. The fourth-order valence-corrected chi connectivity index (χ4v) is 7.59. The highest BCUT2D eigenvalue weighted by atomic mass is 16.5. The lowest BCUT2D eigenvalue weighted by Crippen LogP contribution is -2.32. The maximum absolute atomic E-state index is 13.9. The topological polar surface area (TPSA) is 124 Å². The molecule has 0 fully saturated rings. The summed E-state index contributed by atoms with van der Waals surface area (Å²) in [5.41, 5.74) is 7.18. The molecule has 58 heavy (non-hydrogen) atoms. The number of amides is 2. The average Bonchev–Trinajstić information content (AvgIpc) is 3.83. The van der Waals surface area contributed by atoms with E-state index in [9.17, 15) is 9.59 Å². The first-order valence-electron chi connectivity index (χ1n) is 19.6. The molecule has 8 rings (SSSR count). The SMILES string of the molecule is CNCCCOc1ccc(C2=CN3C(=O)c4cc(OC)c(OCCCOc5cc6c(cc5C)C(=O)N5C=C(c7ccc(OC)cc7)C[C@H]5C=N6)cc4N=C[C@@H]3C2)cc1. The second-order valence-corrected chi connectivity index (χ2v) is 14.6. The zero-order chi connectivity index (χ0) is 40.2. The van der Waals surface area contributed by atoms with E-state index in [2.05, 4.69) is 5.32 Å². The Morgan fingerprint density at radius 2 is 1.17 bits per heavy atom. The van der Waals surface area contributed by atoms with Crippen molar-refractivity contribution >= 4 is 46.8 Å². The number of carbonyl (C=O) groups is 2. The van der Waals surface area contributed by atoms with E-state index in [-0.39, 0.29) is 23.9 Å². The molecule has 4 aromatic rings. The molecule has 0 spiro atoms. The van der Waals surface area contributed by atoms with Crippen molar-refractivity contribution in [1.29, 1.82) is 0 Å². The van der Waals surface area contributed by atoms with Crippen molar-refractivity contribution in [3.63, 3.8) is 0 Å². The van der Waals surface area contributed by atoms with Gasteiger partial charge in [-0.2, -0.15) is 0 Å². The third kappa shape index (κ3) is 7.92. The number of nitrogens with zero attached hydrogens (tertiary/aromatic N) is 4. The summed E-state index contributed by atoms with van der Waals surface area (Å²) in [5.74, 6) is 2.99. The van der Waals surface area contributed by atoms with Gasteiger partial charge in [-0.1, -0.05) is 24.3 Å². The number of hydrogen-bond acceptors (Lipinski definition) is 10. The van der Waals surface area contributed by atoms with Crippen LogP contribution in [0.2, 0.25) is 0 Å². The van der Waals surface area contributed by atoms with Crippen molar-refractivity contribution in [2.45, 2.75) is 44.7 Å². The number of aliphatic imine (C=N–C) groups is 2. The number of hydrogen-bond donors (Lipinski definition) is 1. The van der Waals surface area contributed by atoms with Gasteiger partial charge in [0.2, 0.25) is 0 Å². The zero-order valence-electron chi connectivity index (χ0n) is 33.2. The molecule has 0 saturated heterocycles. The van der Waals surface area contributed by atoms with E-state index in [1.807, 2.05) is 99.5 Å². The zero-order valence-corrected chi connectivity index (χ0v) is 33.2. The van der Waals surface area contributed by atoms with Gasteiger partial charge < -0.3 is 38.8 Å². The van der Waals surface area contributed by atoms with Gasteiger partial charge in [0.15, 0.2) is 11.5 Å². The summed E-state index contributed by atoms with van der Waals surface area (Å²) >= 11 is 0. The summed E-state index contributed by atoms with van der Waals surface area (Å²) in [4.78, 5) is 40.6. The van der Waals surface area contributed by atoms with Crippen LogP contribution in [-0.2, 0) is 0 Å². The van der Waals surface area contributed by atoms with Crippen LogP contribution in [0.4, 0.5) is 11.4 Å². The molecule has 12 heteroatoms. The van der Waals surface area contributed by atoms with Crippen LogP contribution in [0.15, 0.2) is 95.2 Å². The van der Waals surface area contributed by atoms with Crippen molar-refractivity contribution in [1.82, 2.24) is 15.1 Å². The number of rotatable bonds is 15. The van der Waals surface area contributed by atoms with E-state index in [0.717, 1.165) is 52.3 Å². The minimum Gasteiger partial charge on any atom is -0.497 e. The van der Waals surface area contributed by atoms with Crippen molar-refractivity contribution in [3.05, 3.63) is 113 Å². The summed E-state index contributed by atoms with van der Waals surface area (Å²) in [7, 11) is 5.13. The molecule has 0 bridgehead atoms. The molecule has 4 aliphatic rings. The first-order chi connectivity index (χ1) is 28.3. The highest BCUT2D eigenvalue weighted by molar-refractivity contribution is 6.06. The molecule has 0 radical (unpaired) electrons. The number of fused-ring (bicyclic) bond motifs is 4. The smallest absolute Gasteiger partial charge is 0.260 e. The Bertz CT molecular complexity index is 2320. The lowest BCUT2D eigenvalue weighted by molar-refractivity contribution is 0.0809. The van der Waals surface area contributed by atoms with Gasteiger partial charge >= 0.3 is 0 Å². The van der Waals surface area contributed by atoms with Gasteiger partial charge in [-0.25, -0.2) is 0 Å². The molecule has 4 aliphatic heterocycles. The van der Waals surface area contributed by atoms with E-state index in [1.54, 1.807) is 36.2 Å². The van der Waals surface area contributed by atoms with Crippen molar-refractivity contribution in [2.75, 3.05) is 47.6 Å². The molecule has 0 saturated carbocycles. The van der Waals surface area contributed by atoms with E-state index in [0.29, 0.717) is 78.8 Å². The highest BCUT2D eigenvalue weighted by Crippen LogP contribution is 2.41. The van der Waals surface area contributed by atoms with Gasteiger partial charge in [0, 0.05) is 56.2 Å². The molecule has 0 aliphatic carbocycles. The molecule has 0 aromatic heterocycles. The van der Waals surface area contributed by atoms with Gasteiger partial charge in [0.1, 0.15) is 17.2 Å². The molecule has 1 N–H and O–H groups in total. The van der Waals surface area contributed by atoms with Crippen LogP contribution >= 0.6 is 0 Å². The maximum Gasteiger partial charge on any atom is 0.260 e. The molecular weight excluding hydrogens is 735 g/mol. The third-order valence-corrected chi connectivity index (χ3v) is 10.8. The largest absolute Gasteiger partial charge is 0.497 e. The molecule has 4 aromatic carbocycles. The summed E-state index contributed by atoms with van der Waals surface area (Å²) < 4.78 is 29.1. The second kappa shape index (κ2) is 17.0. The quantitative estimate of drug-likeness (QED) is 0.121.